The van der Waals surface area contributed by atoms with Gasteiger partial charge in [-0.2, -0.15) is 0 Å². The first kappa shape index (κ1) is 11.1. The molecule has 3 heteroatoms. The van der Waals surface area contributed by atoms with Gasteiger partial charge in [-0.25, -0.2) is 0 Å². The predicted octanol–water partition coefficient (Wildman–Crippen LogP) is 2.97. The maximum Gasteiger partial charge on any atom is 0.0778 e. The Morgan fingerprint density at radius 3 is 3.20 bits per heavy atom. The number of ether oxygens (including phenoxy) is 1. The van der Waals surface area contributed by atoms with Crippen LogP contribution in [0, 0.1) is 0 Å². The van der Waals surface area contributed by atoms with E-state index < -0.39 is 0 Å². The highest BCUT2D eigenvalue weighted by Gasteiger charge is 2.27. The van der Waals surface area contributed by atoms with Crippen molar-refractivity contribution in [2.75, 3.05) is 13.2 Å². The minimum absolute atomic E-state index is 0.384. The Bertz CT molecular complexity index is 267. The van der Waals surface area contributed by atoms with Crippen LogP contribution in [0.25, 0.3) is 0 Å². The zero-order valence-electron chi connectivity index (χ0n) is 9.24. The molecule has 15 heavy (non-hydrogen) atoms. The van der Waals surface area contributed by atoms with Crippen molar-refractivity contribution < 1.29 is 4.74 Å². The summed E-state index contributed by atoms with van der Waals surface area (Å²) < 4.78 is 5.78. The Hall–Kier alpha value is -0.380. The Kier molecular flexibility index (Phi) is 4.18. The van der Waals surface area contributed by atoms with Gasteiger partial charge in [-0.3, -0.25) is 0 Å². The molecule has 0 aliphatic carbocycles. The fraction of sp³-hybridized carbons (Fsp3) is 0.667. The van der Waals surface area contributed by atoms with E-state index >= 15 is 0 Å². The lowest BCUT2D eigenvalue weighted by Gasteiger charge is -2.23. The molecule has 2 rings (SSSR count). The molecule has 0 aromatic carbocycles. The lowest BCUT2D eigenvalue weighted by Crippen LogP contribution is -2.31. The van der Waals surface area contributed by atoms with E-state index in [9.17, 15) is 0 Å². The molecule has 2 atom stereocenters. The standard InChI is InChI=1S/C12H19NOS/c1-2-7-13-12(10-5-3-8-14-10)11-6-4-9-15-11/h4,6,9-10,12-13H,2-3,5,7-8H2,1H3. The van der Waals surface area contributed by atoms with Crippen LogP contribution < -0.4 is 5.32 Å². The molecule has 0 radical (unpaired) electrons. The third-order valence-corrected chi connectivity index (χ3v) is 3.76. The smallest absolute Gasteiger partial charge is 0.0778 e. The Morgan fingerprint density at radius 1 is 1.67 bits per heavy atom. The van der Waals surface area contributed by atoms with Crippen molar-refractivity contribution in [2.24, 2.45) is 0 Å². The summed E-state index contributed by atoms with van der Waals surface area (Å²) in [6.45, 7) is 4.21. The first-order chi connectivity index (χ1) is 7.42. The van der Waals surface area contributed by atoms with Crippen molar-refractivity contribution in [3.8, 4) is 0 Å². The van der Waals surface area contributed by atoms with Crippen LogP contribution in [0.4, 0.5) is 0 Å². The Labute approximate surface area is 95.6 Å². The van der Waals surface area contributed by atoms with Crippen molar-refractivity contribution in [3.05, 3.63) is 22.4 Å². The molecule has 1 N–H and O–H groups in total. The highest BCUT2D eigenvalue weighted by Crippen LogP contribution is 2.29. The predicted molar refractivity (Wildman–Crippen MR) is 64.3 cm³/mol. The van der Waals surface area contributed by atoms with Gasteiger partial charge in [0.1, 0.15) is 0 Å². The molecule has 1 fully saturated rings. The highest BCUT2D eigenvalue weighted by molar-refractivity contribution is 7.10. The minimum atomic E-state index is 0.384. The van der Waals surface area contributed by atoms with Crippen LogP contribution in [0.3, 0.4) is 0 Å². The van der Waals surface area contributed by atoms with Crippen LogP contribution in [0.15, 0.2) is 17.5 Å². The first-order valence-electron chi connectivity index (χ1n) is 5.80. The van der Waals surface area contributed by atoms with E-state index in [0.717, 1.165) is 13.2 Å². The summed E-state index contributed by atoms with van der Waals surface area (Å²) in [5.41, 5.74) is 0. The van der Waals surface area contributed by atoms with Crippen LogP contribution in [-0.4, -0.2) is 19.3 Å². The molecule has 2 heterocycles. The van der Waals surface area contributed by atoms with Gasteiger partial charge in [0.05, 0.1) is 12.1 Å². The number of hydrogen-bond acceptors (Lipinski definition) is 3. The molecule has 2 unspecified atom stereocenters. The van der Waals surface area contributed by atoms with E-state index in [1.807, 2.05) is 11.3 Å². The first-order valence-corrected chi connectivity index (χ1v) is 6.68. The van der Waals surface area contributed by atoms with E-state index in [4.69, 9.17) is 4.74 Å². The van der Waals surface area contributed by atoms with Gasteiger partial charge in [0, 0.05) is 11.5 Å². The molecule has 1 saturated heterocycles. The summed E-state index contributed by atoms with van der Waals surface area (Å²) in [6.07, 6.45) is 3.96. The summed E-state index contributed by atoms with van der Waals surface area (Å²) in [7, 11) is 0. The molecule has 84 valence electrons. The highest BCUT2D eigenvalue weighted by atomic mass is 32.1. The van der Waals surface area contributed by atoms with Gasteiger partial charge in [-0.15, -0.1) is 11.3 Å². The van der Waals surface area contributed by atoms with Crippen LogP contribution in [0.2, 0.25) is 0 Å². The average Bonchev–Trinajstić information content (AvgIpc) is 2.90. The van der Waals surface area contributed by atoms with Crippen LogP contribution in [0.5, 0.6) is 0 Å². The molecule has 1 aliphatic rings. The Balaban J connectivity index is 2.01. The monoisotopic (exact) mass is 225 g/mol. The second-order valence-corrected chi connectivity index (χ2v) is 4.98. The van der Waals surface area contributed by atoms with Gasteiger partial charge in [0.15, 0.2) is 0 Å². The molecule has 0 bridgehead atoms. The molecular formula is C12H19NOS. The summed E-state index contributed by atoms with van der Waals surface area (Å²) in [6, 6.07) is 4.74. The van der Waals surface area contributed by atoms with Crippen molar-refractivity contribution in [2.45, 2.75) is 38.3 Å². The van der Waals surface area contributed by atoms with E-state index in [1.165, 1.54) is 24.1 Å². The topological polar surface area (TPSA) is 21.3 Å². The van der Waals surface area contributed by atoms with Crippen LogP contribution in [0.1, 0.15) is 37.1 Å². The lowest BCUT2D eigenvalue weighted by molar-refractivity contribution is 0.0793. The summed E-state index contributed by atoms with van der Waals surface area (Å²) in [4.78, 5) is 1.41. The lowest BCUT2D eigenvalue weighted by atomic mass is 10.1. The normalized spacial score (nSPS) is 23.1. The summed E-state index contributed by atoms with van der Waals surface area (Å²) >= 11 is 1.83. The van der Waals surface area contributed by atoms with Gasteiger partial charge >= 0.3 is 0 Å². The average molecular weight is 225 g/mol. The van der Waals surface area contributed by atoms with Crippen LogP contribution >= 0.6 is 11.3 Å². The second-order valence-electron chi connectivity index (χ2n) is 4.00. The fourth-order valence-electron chi connectivity index (χ4n) is 2.05. The molecule has 0 saturated carbocycles. The molecule has 1 aromatic heterocycles. The molecule has 0 amide bonds. The van der Waals surface area contributed by atoms with Crippen molar-refractivity contribution in [1.29, 1.82) is 0 Å². The van der Waals surface area contributed by atoms with E-state index in [-0.39, 0.29) is 0 Å². The number of hydrogen-bond donors (Lipinski definition) is 1. The zero-order valence-corrected chi connectivity index (χ0v) is 10.1. The van der Waals surface area contributed by atoms with Crippen molar-refractivity contribution in [1.82, 2.24) is 5.32 Å². The quantitative estimate of drug-likeness (QED) is 0.832. The zero-order chi connectivity index (χ0) is 10.5. The minimum Gasteiger partial charge on any atom is -0.376 e. The molecule has 0 spiro atoms. The maximum absolute atomic E-state index is 5.78. The van der Waals surface area contributed by atoms with E-state index in [0.29, 0.717) is 12.1 Å². The SMILES string of the molecule is CCCNC(c1cccs1)C1CCCO1. The van der Waals surface area contributed by atoms with Gasteiger partial charge in [-0.1, -0.05) is 13.0 Å². The van der Waals surface area contributed by atoms with Crippen molar-refractivity contribution >= 4 is 11.3 Å². The van der Waals surface area contributed by atoms with Crippen LogP contribution in [-0.2, 0) is 4.74 Å². The van der Waals surface area contributed by atoms with Gasteiger partial charge in [-0.05, 0) is 37.3 Å². The van der Waals surface area contributed by atoms with E-state index in [1.54, 1.807) is 0 Å². The number of thiophene rings is 1. The van der Waals surface area contributed by atoms with E-state index in [2.05, 4.69) is 29.8 Å². The molecule has 1 aliphatic heterocycles. The largest absolute Gasteiger partial charge is 0.376 e. The molecular weight excluding hydrogens is 206 g/mol. The fourth-order valence-corrected chi connectivity index (χ4v) is 2.90. The van der Waals surface area contributed by atoms with Gasteiger partial charge in [0.25, 0.3) is 0 Å². The summed E-state index contributed by atoms with van der Waals surface area (Å²) in [5.74, 6) is 0. The van der Waals surface area contributed by atoms with Gasteiger partial charge < -0.3 is 10.1 Å². The third-order valence-electron chi connectivity index (χ3n) is 2.80. The van der Waals surface area contributed by atoms with Gasteiger partial charge in [0.2, 0.25) is 0 Å². The Morgan fingerprint density at radius 2 is 2.60 bits per heavy atom. The number of nitrogens with one attached hydrogen (secondary N) is 1. The maximum atomic E-state index is 5.78. The molecule has 1 aromatic rings. The third kappa shape index (κ3) is 2.80. The second kappa shape index (κ2) is 5.64. The van der Waals surface area contributed by atoms with Crippen molar-refractivity contribution in [3.63, 3.8) is 0 Å². The molecule has 2 nitrogen and oxygen atoms in total. The summed E-state index contributed by atoms with van der Waals surface area (Å²) in [5, 5.41) is 5.74. The number of rotatable bonds is 5.